The molecule has 52 valence electrons. The molecule has 0 aliphatic carbocycles. The van der Waals surface area contributed by atoms with Crippen molar-refractivity contribution >= 4 is 6.21 Å². The predicted octanol–water partition coefficient (Wildman–Crippen LogP) is 0.683. The fourth-order valence-corrected chi connectivity index (χ4v) is 0.707. The summed E-state index contributed by atoms with van der Waals surface area (Å²) in [6.07, 6.45) is 3.25. The van der Waals surface area contributed by atoms with E-state index >= 15 is 0 Å². The largest absolute Gasteiger partial charge is 0.323 e. The molecule has 1 rings (SSSR count). The molecule has 2 N–H and O–H groups in total. The number of hydrogen-bond donors (Lipinski definition) is 1. The monoisotopic (exact) mass is 135 g/mol. The molecule has 3 heteroatoms. The van der Waals surface area contributed by atoms with E-state index < -0.39 is 0 Å². The van der Waals surface area contributed by atoms with Gasteiger partial charge in [0.05, 0.1) is 11.9 Å². The van der Waals surface area contributed by atoms with Crippen molar-refractivity contribution in [3.05, 3.63) is 29.6 Å². The Balaban J connectivity index is 2.95. The first-order valence-electron chi connectivity index (χ1n) is 2.99. The first-order chi connectivity index (χ1) is 4.83. The normalized spacial score (nSPS) is 10.5. The number of aromatic nitrogens is 1. The van der Waals surface area contributed by atoms with Crippen LogP contribution in [0.1, 0.15) is 11.3 Å². The van der Waals surface area contributed by atoms with Crippen LogP contribution in [-0.4, -0.2) is 11.2 Å². The van der Waals surface area contributed by atoms with E-state index in [1.807, 2.05) is 19.1 Å². The van der Waals surface area contributed by atoms with Crippen LogP contribution in [0, 0.1) is 6.92 Å². The first-order valence-corrected chi connectivity index (χ1v) is 2.99. The standard InChI is InChI=1S/C7H9N3/c1-6-2-3-9-7(4-6)5-10-8/h2-5H,8H2,1H3/b10-5-. The fraction of sp³-hybridized carbons (Fsp3) is 0.143. The highest BCUT2D eigenvalue weighted by Crippen LogP contribution is 1.95. The third-order valence-corrected chi connectivity index (χ3v) is 1.14. The minimum absolute atomic E-state index is 0.794. The van der Waals surface area contributed by atoms with Crippen LogP contribution in [0.4, 0.5) is 0 Å². The van der Waals surface area contributed by atoms with Gasteiger partial charge in [0, 0.05) is 6.20 Å². The summed E-state index contributed by atoms with van der Waals surface area (Å²) in [5, 5.41) is 3.36. The molecule has 0 saturated carbocycles. The highest BCUT2D eigenvalue weighted by molar-refractivity contribution is 5.76. The molecule has 0 saturated heterocycles. The van der Waals surface area contributed by atoms with Gasteiger partial charge in [-0.1, -0.05) is 0 Å². The van der Waals surface area contributed by atoms with Crippen LogP contribution in [0.25, 0.3) is 0 Å². The molecule has 0 unspecified atom stereocenters. The van der Waals surface area contributed by atoms with Gasteiger partial charge in [-0.05, 0) is 24.6 Å². The van der Waals surface area contributed by atoms with Gasteiger partial charge < -0.3 is 5.84 Å². The minimum atomic E-state index is 0.794. The summed E-state index contributed by atoms with van der Waals surface area (Å²) in [6.45, 7) is 2.00. The maximum Gasteiger partial charge on any atom is 0.0832 e. The maximum atomic E-state index is 4.94. The van der Waals surface area contributed by atoms with E-state index in [9.17, 15) is 0 Å². The Bertz CT molecular complexity index is 242. The van der Waals surface area contributed by atoms with Crippen molar-refractivity contribution in [3.63, 3.8) is 0 Å². The molecule has 0 spiro atoms. The number of hydrazone groups is 1. The van der Waals surface area contributed by atoms with E-state index in [1.165, 1.54) is 6.21 Å². The summed E-state index contributed by atoms with van der Waals surface area (Å²) in [5.74, 6) is 4.94. The summed E-state index contributed by atoms with van der Waals surface area (Å²) in [6, 6.07) is 3.84. The molecule has 0 bridgehead atoms. The topological polar surface area (TPSA) is 51.3 Å². The molecule has 1 heterocycles. The van der Waals surface area contributed by atoms with E-state index in [0.717, 1.165) is 11.3 Å². The molecule has 0 radical (unpaired) electrons. The van der Waals surface area contributed by atoms with Gasteiger partial charge in [-0.25, -0.2) is 0 Å². The molecule has 0 aromatic carbocycles. The highest BCUT2D eigenvalue weighted by Gasteiger charge is 1.87. The smallest absolute Gasteiger partial charge is 0.0832 e. The molecule has 0 aliphatic rings. The number of nitrogens with zero attached hydrogens (tertiary/aromatic N) is 2. The van der Waals surface area contributed by atoms with E-state index in [1.54, 1.807) is 6.20 Å². The zero-order valence-electron chi connectivity index (χ0n) is 5.78. The lowest BCUT2D eigenvalue weighted by molar-refractivity contribution is 1.22. The van der Waals surface area contributed by atoms with Crippen molar-refractivity contribution in [3.8, 4) is 0 Å². The molecular formula is C7H9N3. The average molecular weight is 135 g/mol. The molecule has 0 fully saturated rings. The number of nitrogens with two attached hydrogens (primary N) is 1. The summed E-state index contributed by atoms with van der Waals surface area (Å²) in [5.41, 5.74) is 1.95. The Kier molecular flexibility index (Phi) is 1.99. The molecule has 0 atom stereocenters. The average Bonchev–Trinajstić information content (AvgIpc) is 1.88. The van der Waals surface area contributed by atoms with Gasteiger partial charge >= 0.3 is 0 Å². The minimum Gasteiger partial charge on any atom is -0.323 e. The van der Waals surface area contributed by atoms with Crippen LogP contribution in [0.3, 0.4) is 0 Å². The molecule has 0 aliphatic heterocycles. The van der Waals surface area contributed by atoms with Gasteiger partial charge in [0.2, 0.25) is 0 Å². The van der Waals surface area contributed by atoms with Crippen molar-refractivity contribution in [2.45, 2.75) is 6.92 Å². The zero-order valence-corrected chi connectivity index (χ0v) is 5.78. The zero-order chi connectivity index (χ0) is 7.40. The van der Waals surface area contributed by atoms with Crippen LogP contribution < -0.4 is 5.84 Å². The fourth-order valence-electron chi connectivity index (χ4n) is 0.707. The molecular weight excluding hydrogens is 126 g/mol. The molecule has 3 nitrogen and oxygen atoms in total. The molecule has 1 aromatic heterocycles. The summed E-state index contributed by atoms with van der Waals surface area (Å²) in [4.78, 5) is 4.00. The second kappa shape index (κ2) is 2.96. The first kappa shape index (κ1) is 6.74. The van der Waals surface area contributed by atoms with Gasteiger partial charge in [0.1, 0.15) is 0 Å². The van der Waals surface area contributed by atoms with Gasteiger partial charge in [0.25, 0.3) is 0 Å². The number of hydrogen-bond acceptors (Lipinski definition) is 3. The highest BCUT2D eigenvalue weighted by atomic mass is 15.1. The van der Waals surface area contributed by atoms with Crippen molar-refractivity contribution in [1.82, 2.24) is 4.98 Å². The van der Waals surface area contributed by atoms with Crippen LogP contribution in [-0.2, 0) is 0 Å². The molecule has 10 heavy (non-hydrogen) atoms. The number of rotatable bonds is 1. The Morgan fingerprint density at radius 2 is 2.50 bits per heavy atom. The summed E-state index contributed by atoms with van der Waals surface area (Å²) in [7, 11) is 0. The number of pyridine rings is 1. The van der Waals surface area contributed by atoms with Crippen molar-refractivity contribution in [1.29, 1.82) is 0 Å². The predicted molar refractivity (Wildman–Crippen MR) is 40.8 cm³/mol. The Morgan fingerprint density at radius 3 is 3.10 bits per heavy atom. The third-order valence-electron chi connectivity index (χ3n) is 1.14. The van der Waals surface area contributed by atoms with Crippen LogP contribution >= 0.6 is 0 Å². The number of aryl methyl sites for hydroxylation is 1. The Labute approximate surface area is 59.6 Å². The van der Waals surface area contributed by atoms with Gasteiger partial charge in [-0.3, -0.25) is 4.98 Å². The Hall–Kier alpha value is -1.38. The van der Waals surface area contributed by atoms with Crippen molar-refractivity contribution in [2.75, 3.05) is 0 Å². The van der Waals surface area contributed by atoms with Gasteiger partial charge in [-0.2, -0.15) is 5.10 Å². The van der Waals surface area contributed by atoms with Crippen molar-refractivity contribution in [2.24, 2.45) is 10.9 Å². The molecule has 0 amide bonds. The summed E-state index contributed by atoms with van der Waals surface area (Å²) >= 11 is 0. The van der Waals surface area contributed by atoms with Crippen molar-refractivity contribution < 1.29 is 0 Å². The van der Waals surface area contributed by atoms with E-state index in [2.05, 4.69) is 10.1 Å². The summed E-state index contributed by atoms with van der Waals surface area (Å²) < 4.78 is 0. The van der Waals surface area contributed by atoms with E-state index in [-0.39, 0.29) is 0 Å². The van der Waals surface area contributed by atoms with E-state index in [4.69, 9.17) is 5.84 Å². The SMILES string of the molecule is Cc1ccnc(/C=N\N)c1. The second-order valence-electron chi connectivity index (χ2n) is 2.04. The lowest BCUT2D eigenvalue weighted by Gasteiger charge is -1.91. The third kappa shape index (κ3) is 1.55. The van der Waals surface area contributed by atoms with Crippen LogP contribution in [0.15, 0.2) is 23.4 Å². The van der Waals surface area contributed by atoms with Crippen LogP contribution in [0.2, 0.25) is 0 Å². The Morgan fingerprint density at radius 1 is 1.70 bits per heavy atom. The van der Waals surface area contributed by atoms with E-state index in [0.29, 0.717) is 0 Å². The molecule has 1 aromatic rings. The second-order valence-corrected chi connectivity index (χ2v) is 2.04. The quantitative estimate of drug-likeness (QED) is 0.350. The van der Waals surface area contributed by atoms with Gasteiger partial charge in [0.15, 0.2) is 0 Å². The van der Waals surface area contributed by atoms with Crippen LogP contribution in [0.5, 0.6) is 0 Å². The lowest BCUT2D eigenvalue weighted by Crippen LogP contribution is -1.90. The maximum absolute atomic E-state index is 4.94. The van der Waals surface area contributed by atoms with Gasteiger partial charge in [-0.15, -0.1) is 0 Å². The lowest BCUT2D eigenvalue weighted by atomic mass is 10.2.